The highest BCUT2D eigenvalue weighted by Crippen LogP contribution is 2.38. The SMILES string of the molecule is CC1C(C#N)=[C]SN1c1sncc1C#N. The molecule has 0 amide bonds. The van der Waals surface area contributed by atoms with E-state index in [1.54, 1.807) is 0 Å². The van der Waals surface area contributed by atoms with Gasteiger partial charge in [0.15, 0.2) is 0 Å². The van der Waals surface area contributed by atoms with Gasteiger partial charge in [-0.1, -0.05) is 0 Å². The minimum absolute atomic E-state index is 0.0486. The van der Waals surface area contributed by atoms with Crippen molar-refractivity contribution < 1.29 is 0 Å². The summed E-state index contributed by atoms with van der Waals surface area (Å²) in [5.74, 6) is 0. The summed E-state index contributed by atoms with van der Waals surface area (Å²) in [6, 6.07) is 4.12. The summed E-state index contributed by atoms with van der Waals surface area (Å²) in [5.41, 5.74) is 1.14. The van der Waals surface area contributed by atoms with E-state index >= 15 is 0 Å². The van der Waals surface area contributed by atoms with E-state index in [0.717, 1.165) is 5.00 Å². The van der Waals surface area contributed by atoms with Gasteiger partial charge in [0.25, 0.3) is 0 Å². The first-order valence-corrected chi connectivity index (χ1v) is 5.66. The molecule has 1 aromatic rings. The number of nitrogens with zero attached hydrogens (tertiary/aromatic N) is 4. The van der Waals surface area contributed by atoms with Crippen LogP contribution in [0.2, 0.25) is 0 Å². The van der Waals surface area contributed by atoms with Gasteiger partial charge in [0, 0.05) is 0 Å². The Hall–Kier alpha value is -1.50. The summed E-state index contributed by atoms with van der Waals surface area (Å²) in [4.78, 5) is 0. The molecule has 1 radical (unpaired) electrons. The number of anilines is 1. The Labute approximate surface area is 95.7 Å². The minimum Gasteiger partial charge on any atom is -0.293 e. The van der Waals surface area contributed by atoms with Gasteiger partial charge >= 0.3 is 0 Å². The molecule has 1 atom stereocenters. The first-order chi connectivity index (χ1) is 7.27. The molecule has 1 aromatic heterocycles. The Bertz CT molecular complexity index is 491. The largest absolute Gasteiger partial charge is 0.293 e. The van der Waals surface area contributed by atoms with Crippen LogP contribution in [0.1, 0.15) is 12.5 Å². The summed E-state index contributed by atoms with van der Waals surface area (Å²) < 4.78 is 5.85. The lowest BCUT2D eigenvalue weighted by atomic mass is 10.2. The Morgan fingerprint density at radius 1 is 1.53 bits per heavy atom. The van der Waals surface area contributed by atoms with Crippen molar-refractivity contribution in [3.8, 4) is 12.1 Å². The van der Waals surface area contributed by atoms with Crippen molar-refractivity contribution >= 4 is 28.5 Å². The topological polar surface area (TPSA) is 63.7 Å². The van der Waals surface area contributed by atoms with Crippen molar-refractivity contribution in [3.63, 3.8) is 0 Å². The van der Waals surface area contributed by atoms with Crippen LogP contribution < -0.4 is 4.31 Å². The second kappa shape index (κ2) is 3.93. The molecular formula is C9H5N4S2. The first-order valence-electron chi connectivity index (χ1n) is 4.12. The molecule has 0 saturated heterocycles. The number of rotatable bonds is 1. The van der Waals surface area contributed by atoms with E-state index in [0.29, 0.717) is 11.1 Å². The summed E-state index contributed by atoms with van der Waals surface area (Å²) in [7, 11) is 0. The van der Waals surface area contributed by atoms with Crippen LogP contribution in [-0.2, 0) is 0 Å². The van der Waals surface area contributed by atoms with E-state index in [4.69, 9.17) is 10.5 Å². The highest BCUT2D eigenvalue weighted by atomic mass is 32.2. The molecule has 4 nitrogen and oxygen atoms in total. The third-order valence-corrected chi connectivity index (χ3v) is 3.94. The van der Waals surface area contributed by atoms with Crippen molar-refractivity contribution in [2.24, 2.45) is 0 Å². The Morgan fingerprint density at radius 3 is 2.93 bits per heavy atom. The van der Waals surface area contributed by atoms with Crippen LogP contribution in [0.25, 0.3) is 0 Å². The number of nitriles is 2. The van der Waals surface area contributed by atoms with Crippen molar-refractivity contribution in [1.29, 1.82) is 10.5 Å². The standard InChI is InChI=1S/C9H5N4S2/c1-6-8(3-11)5-14-13(6)9-7(2-10)4-12-15-9/h4,6H,1H3. The van der Waals surface area contributed by atoms with Gasteiger partial charge in [-0.3, -0.25) is 4.31 Å². The molecule has 6 heteroatoms. The summed E-state index contributed by atoms with van der Waals surface area (Å²) in [5, 5.41) is 21.4. The van der Waals surface area contributed by atoms with Gasteiger partial charge in [-0.05, 0) is 30.4 Å². The summed E-state index contributed by atoms with van der Waals surface area (Å²) in [6.45, 7) is 1.91. The summed E-state index contributed by atoms with van der Waals surface area (Å²) in [6.07, 6.45) is 1.54. The molecule has 0 bridgehead atoms. The van der Waals surface area contributed by atoms with Gasteiger partial charge < -0.3 is 0 Å². The molecule has 0 spiro atoms. The highest BCUT2D eigenvalue weighted by molar-refractivity contribution is 8.02. The lowest BCUT2D eigenvalue weighted by Crippen LogP contribution is -2.22. The zero-order valence-corrected chi connectivity index (χ0v) is 9.39. The molecule has 2 rings (SSSR count). The van der Waals surface area contributed by atoms with Gasteiger partial charge in [0.2, 0.25) is 0 Å². The second-order valence-corrected chi connectivity index (χ2v) is 4.44. The van der Waals surface area contributed by atoms with E-state index < -0.39 is 0 Å². The molecule has 0 aromatic carbocycles. The smallest absolute Gasteiger partial charge is 0.140 e. The third-order valence-electron chi connectivity index (χ3n) is 2.02. The van der Waals surface area contributed by atoms with Crippen LogP contribution in [0.5, 0.6) is 0 Å². The van der Waals surface area contributed by atoms with Gasteiger partial charge in [-0.15, -0.1) is 0 Å². The van der Waals surface area contributed by atoms with Gasteiger partial charge in [-0.25, -0.2) is 0 Å². The molecule has 1 aliphatic heterocycles. The normalized spacial score (nSPS) is 19.5. The lowest BCUT2D eigenvalue weighted by Gasteiger charge is -2.20. The molecule has 1 unspecified atom stereocenters. The maximum Gasteiger partial charge on any atom is 0.140 e. The minimum atomic E-state index is -0.0486. The van der Waals surface area contributed by atoms with Crippen molar-refractivity contribution in [3.05, 3.63) is 22.7 Å². The van der Waals surface area contributed by atoms with Crippen LogP contribution in [0.3, 0.4) is 0 Å². The van der Waals surface area contributed by atoms with Crippen LogP contribution in [-0.4, -0.2) is 10.4 Å². The molecule has 1 aliphatic rings. The molecule has 0 N–H and O–H groups in total. The predicted octanol–water partition coefficient (Wildman–Crippen LogP) is 2.08. The fraction of sp³-hybridized carbons (Fsp3) is 0.222. The van der Waals surface area contributed by atoms with Crippen LogP contribution >= 0.6 is 23.5 Å². The number of hydrogen-bond donors (Lipinski definition) is 0. The third kappa shape index (κ3) is 1.58. The number of hydrogen-bond acceptors (Lipinski definition) is 6. The lowest BCUT2D eigenvalue weighted by molar-refractivity contribution is 0.910. The van der Waals surface area contributed by atoms with Crippen molar-refractivity contribution in [2.45, 2.75) is 13.0 Å². The van der Waals surface area contributed by atoms with Crippen molar-refractivity contribution in [1.82, 2.24) is 4.37 Å². The first kappa shape index (κ1) is 10.0. The monoisotopic (exact) mass is 233 g/mol. The Morgan fingerprint density at radius 2 is 2.33 bits per heavy atom. The van der Waals surface area contributed by atoms with Crippen LogP contribution in [0, 0.1) is 28.1 Å². The second-order valence-electron chi connectivity index (χ2n) is 2.88. The molecule has 0 fully saturated rings. The van der Waals surface area contributed by atoms with E-state index in [-0.39, 0.29) is 6.04 Å². The van der Waals surface area contributed by atoms with E-state index in [1.165, 1.54) is 29.7 Å². The highest BCUT2D eigenvalue weighted by Gasteiger charge is 2.28. The van der Waals surface area contributed by atoms with Gasteiger partial charge in [0.1, 0.15) is 16.6 Å². The molecular weight excluding hydrogens is 228 g/mol. The zero-order chi connectivity index (χ0) is 10.8. The fourth-order valence-corrected chi connectivity index (χ4v) is 2.95. The van der Waals surface area contributed by atoms with Gasteiger partial charge in [0.05, 0.1) is 29.3 Å². The average molecular weight is 233 g/mol. The van der Waals surface area contributed by atoms with Gasteiger partial charge in [-0.2, -0.15) is 14.9 Å². The van der Waals surface area contributed by atoms with E-state index in [9.17, 15) is 0 Å². The molecule has 73 valence electrons. The maximum atomic E-state index is 8.87. The summed E-state index contributed by atoms with van der Waals surface area (Å²) >= 11 is 2.57. The zero-order valence-electron chi connectivity index (χ0n) is 7.76. The van der Waals surface area contributed by atoms with E-state index in [2.05, 4.69) is 21.9 Å². The van der Waals surface area contributed by atoms with Crippen LogP contribution in [0.15, 0.2) is 11.8 Å². The maximum absolute atomic E-state index is 8.87. The fourth-order valence-electron chi connectivity index (χ4n) is 1.18. The molecule has 15 heavy (non-hydrogen) atoms. The number of aromatic nitrogens is 1. The Kier molecular flexibility index (Phi) is 2.63. The average Bonchev–Trinajstić information content (AvgIpc) is 2.83. The molecule has 2 heterocycles. The van der Waals surface area contributed by atoms with Crippen LogP contribution in [0.4, 0.5) is 5.00 Å². The predicted molar refractivity (Wildman–Crippen MR) is 58.7 cm³/mol. The Balaban J connectivity index is 2.30. The quantitative estimate of drug-likeness (QED) is 0.695. The van der Waals surface area contributed by atoms with E-state index in [1.807, 2.05) is 11.2 Å². The molecule has 0 saturated carbocycles. The molecule has 0 aliphatic carbocycles. The van der Waals surface area contributed by atoms with Crippen molar-refractivity contribution in [2.75, 3.05) is 4.31 Å².